The van der Waals surface area contributed by atoms with Crippen molar-refractivity contribution >= 4 is 16.9 Å². The predicted molar refractivity (Wildman–Crippen MR) is 57.8 cm³/mol. The van der Waals surface area contributed by atoms with E-state index in [0.717, 1.165) is 0 Å². The van der Waals surface area contributed by atoms with Crippen LogP contribution in [0, 0.1) is 0 Å². The second kappa shape index (κ2) is 7.35. The van der Waals surface area contributed by atoms with E-state index in [1.807, 2.05) is 0 Å². The van der Waals surface area contributed by atoms with Crippen molar-refractivity contribution in [3.05, 3.63) is 0 Å². The van der Waals surface area contributed by atoms with Gasteiger partial charge in [0, 0.05) is 18.6 Å². The highest BCUT2D eigenvalue weighted by molar-refractivity contribution is 8.13. The van der Waals surface area contributed by atoms with E-state index >= 15 is 0 Å². The van der Waals surface area contributed by atoms with Crippen molar-refractivity contribution in [1.82, 2.24) is 0 Å². The first-order valence-electron chi connectivity index (χ1n) is 5.36. The zero-order valence-corrected chi connectivity index (χ0v) is 10.8. The molecule has 0 fully saturated rings. The second-order valence-electron chi connectivity index (χ2n) is 3.80. The van der Waals surface area contributed by atoms with Crippen molar-refractivity contribution in [2.24, 2.45) is 0 Å². The maximum Gasteiger partial charge on any atom is 0.290 e. The monoisotopic (exact) mass is 314 g/mol. The number of rotatable bonds is 8. The molecule has 0 bridgehead atoms. The van der Waals surface area contributed by atoms with Gasteiger partial charge in [0.05, 0.1) is 6.42 Å². The zero-order valence-electron chi connectivity index (χ0n) is 9.95. The number of carbonyl (C=O) groups is 1. The van der Waals surface area contributed by atoms with Gasteiger partial charge in [-0.05, 0) is 0 Å². The minimum Gasteiger partial charge on any atom is -0.287 e. The Morgan fingerprint density at radius 2 is 1.63 bits per heavy atom. The standard InChI is InChI=1S/C10H13F7OS/c1-2-7(18)19-4-3-9(14,15)8(13)10(16,17)5-6(11)12/h6,8H,2-5H2,1H3. The Labute approximate surface area is 109 Å². The Bertz CT molecular complexity index is 296. The maximum atomic E-state index is 13.1. The quantitative estimate of drug-likeness (QED) is 0.621. The Morgan fingerprint density at radius 3 is 2.05 bits per heavy atom. The van der Waals surface area contributed by atoms with Crippen LogP contribution in [-0.2, 0) is 4.79 Å². The summed E-state index contributed by atoms with van der Waals surface area (Å²) in [6.45, 7) is 1.47. The molecule has 0 spiro atoms. The highest BCUT2D eigenvalue weighted by Crippen LogP contribution is 2.39. The number of thioether (sulfide) groups is 1. The molecule has 0 rings (SSSR count). The number of halogens is 7. The fourth-order valence-electron chi connectivity index (χ4n) is 1.15. The Balaban J connectivity index is 4.49. The van der Waals surface area contributed by atoms with Crippen molar-refractivity contribution in [1.29, 1.82) is 0 Å². The summed E-state index contributed by atoms with van der Waals surface area (Å²) in [5, 5.41) is -0.439. The molecule has 114 valence electrons. The smallest absolute Gasteiger partial charge is 0.287 e. The molecule has 0 radical (unpaired) electrons. The van der Waals surface area contributed by atoms with Gasteiger partial charge in [-0.25, -0.2) is 30.7 Å². The normalized spacial score (nSPS) is 14.8. The van der Waals surface area contributed by atoms with Crippen LogP contribution in [0.3, 0.4) is 0 Å². The average Bonchev–Trinajstić information content (AvgIpc) is 2.25. The van der Waals surface area contributed by atoms with Gasteiger partial charge in [0.1, 0.15) is 0 Å². The van der Waals surface area contributed by atoms with E-state index in [-0.39, 0.29) is 6.42 Å². The summed E-state index contributed by atoms with van der Waals surface area (Å²) in [4.78, 5) is 10.8. The molecule has 0 heterocycles. The topological polar surface area (TPSA) is 17.1 Å². The number of alkyl halides is 7. The SMILES string of the molecule is CCC(=O)SCCC(F)(F)C(F)C(F)(F)CC(F)F. The largest absolute Gasteiger partial charge is 0.290 e. The van der Waals surface area contributed by atoms with Crippen LogP contribution in [0.2, 0.25) is 0 Å². The molecule has 0 aliphatic rings. The van der Waals surface area contributed by atoms with E-state index in [0.29, 0.717) is 11.8 Å². The fourth-order valence-corrected chi connectivity index (χ4v) is 1.95. The van der Waals surface area contributed by atoms with Gasteiger partial charge < -0.3 is 0 Å². The van der Waals surface area contributed by atoms with E-state index in [2.05, 4.69) is 0 Å². The molecule has 1 unspecified atom stereocenters. The van der Waals surface area contributed by atoms with E-state index in [4.69, 9.17) is 0 Å². The van der Waals surface area contributed by atoms with Crippen LogP contribution in [0.1, 0.15) is 26.2 Å². The summed E-state index contributed by atoms with van der Waals surface area (Å²) >= 11 is 0.467. The van der Waals surface area contributed by atoms with E-state index in [1.54, 1.807) is 0 Å². The van der Waals surface area contributed by atoms with E-state index in [9.17, 15) is 35.5 Å². The highest BCUT2D eigenvalue weighted by atomic mass is 32.2. The second-order valence-corrected chi connectivity index (χ2v) is 4.96. The summed E-state index contributed by atoms with van der Waals surface area (Å²) in [7, 11) is 0. The van der Waals surface area contributed by atoms with Gasteiger partial charge in [-0.1, -0.05) is 18.7 Å². The lowest BCUT2D eigenvalue weighted by atomic mass is 10.0. The first-order chi connectivity index (χ1) is 8.53. The molecule has 0 aromatic rings. The molecule has 0 amide bonds. The Morgan fingerprint density at radius 1 is 1.11 bits per heavy atom. The third-order valence-electron chi connectivity index (χ3n) is 2.16. The molecule has 0 saturated carbocycles. The first-order valence-corrected chi connectivity index (χ1v) is 6.35. The number of hydrogen-bond donors (Lipinski definition) is 0. The maximum absolute atomic E-state index is 13.1. The van der Waals surface area contributed by atoms with Crippen LogP contribution in [0.25, 0.3) is 0 Å². The minimum absolute atomic E-state index is 0.0663. The van der Waals surface area contributed by atoms with Crippen LogP contribution in [0.5, 0.6) is 0 Å². The molecule has 1 atom stereocenters. The number of hydrogen-bond acceptors (Lipinski definition) is 2. The molecule has 0 saturated heterocycles. The van der Waals surface area contributed by atoms with E-state index in [1.165, 1.54) is 6.92 Å². The van der Waals surface area contributed by atoms with Gasteiger partial charge in [-0.15, -0.1) is 0 Å². The van der Waals surface area contributed by atoms with Gasteiger partial charge in [-0.3, -0.25) is 4.79 Å². The summed E-state index contributed by atoms with van der Waals surface area (Å²) in [5.41, 5.74) is 0. The van der Waals surface area contributed by atoms with Gasteiger partial charge in [-0.2, -0.15) is 0 Å². The molecular weight excluding hydrogens is 301 g/mol. The molecule has 19 heavy (non-hydrogen) atoms. The molecule has 0 aromatic carbocycles. The minimum atomic E-state index is -4.81. The third kappa shape index (κ3) is 6.49. The van der Waals surface area contributed by atoms with Crippen molar-refractivity contribution in [2.45, 2.75) is 50.6 Å². The summed E-state index contributed by atoms with van der Waals surface area (Å²) in [6, 6.07) is 0. The zero-order chi connectivity index (χ0) is 15.3. The molecule has 0 N–H and O–H groups in total. The Kier molecular flexibility index (Phi) is 7.17. The van der Waals surface area contributed by atoms with Gasteiger partial charge in [0.25, 0.3) is 11.8 Å². The lowest BCUT2D eigenvalue weighted by Crippen LogP contribution is -2.45. The van der Waals surface area contributed by atoms with Crippen LogP contribution < -0.4 is 0 Å². The molecule has 0 aliphatic heterocycles. The number of carbonyl (C=O) groups excluding carboxylic acids is 1. The van der Waals surface area contributed by atoms with Gasteiger partial charge in [0.2, 0.25) is 12.6 Å². The predicted octanol–water partition coefficient (Wildman–Crippen LogP) is 4.31. The molecule has 9 heteroatoms. The van der Waals surface area contributed by atoms with Crippen LogP contribution in [0.15, 0.2) is 0 Å². The van der Waals surface area contributed by atoms with Gasteiger partial charge in [0.15, 0.2) is 5.12 Å². The highest BCUT2D eigenvalue weighted by Gasteiger charge is 2.56. The third-order valence-corrected chi connectivity index (χ3v) is 3.17. The van der Waals surface area contributed by atoms with Crippen LogP contribution in [0.4, 0.5) is 30.7 Å². The summed E-state index contributed by atoms with van der Waals surface area (Å²) < 4.78 is 88.3. The molecule has 1 nitrogen and oxygen atoms in total. The van der Waals surface area contributed by atoms with Crippen LogP contribution in [-0.4, -0.2) is 35.3 Å². The van der Waals surface area contributed by atoms with Crippen LogP contribution >= 0.6 is 11.8 Å². The van der Waals surface area contributed by atoms with Crippen molar-refractivity contribution < 1.29 is 35.5 Å². The lowest BCUT2D eigenvalue weighted by molar-refractivity contribution is -0.194. The van der Waals surface area contributed by atoms with Gasteiger partial charge >= 0.3 is 0 Å². The summed E-state index contributed by atoms with van der Waals surface area (Å²) in [5.74, 6) is -9.82. The average molecular weight is 314 g/mol. The van der Waals surface area contributed by atoms with Crippen molar-refractivity contribution in [3.8, 4) is 0 Å². The van der Waals surface area contributed by atoms with Crippen molar-refractivity contribution in [2.75, 3.05) is 5.75 Å². The fraction of sp³-hybridized carbons (Fsp3) is 0.900. The lowest BCUT2D eigenvalue weighted by Gasteiger charge is -2.27. The Hall–Kier alpha value is -0.470. The van der Waals surface area contributed by atoms with Crippen molar-refractivity contribution in [3.63, 3.8) is 0 Å². The molecule has 0 aromatic heterocycles. The summed E-state index contributed by atoms with van der Waals surface area (Å²) in [6.07, 6.45) is -11.1. The first kappa shape index (κ1) is 18.5. The van der Waals surface area contributed by atoms with E-state index < -0.39 is 48.2 Å². The molecular formula is C10H13F7OS. The molecule has 0 aliphatic carbocycles.